The number of ether oxygens (including phenoxy) is 2. The lowest BCUT2D eigenvalue weighted by molar-refractivity contribution is -1.02. The molecule has 2 heterocycles. The summed E-state index contributed by atoms with van der Waals surface area (Å²) in [5.74, 6) is 2.09. The van der Waals surface area contributed by atoms with E-state index in [0.717, 1.165) is 62.8 Å². The number of nitrogens with zero attached hydrogens (tertiary/aromatic N) is 1. The maximum absolute atomic E-state index is 12.7. The lowest BCUT2D eigenvalue weighted by Gasteiger charge is -2.30. The van der Waals surface area contributed by atoms with E-state index in [1.807, 2.05) is 36.2 Å². The molecule has 2 aliphatic heterocycles. The quantitative estimate of drug-likeness (QED) is 0.650. The molecule has 30 heavy (non-hydrogen) atoms. The topological polar surface area (TPSA) is 47.6 Å². The van der Waals surface area contributed by atoms with Gasteiger partial charge in [-0.3, -0.25) is 4.79 Å². The van der Waals surface area contributed by atoms with Crippen molar-refractivity contribution in [1.82, 2.24) is 4.90 Å². The highest BCUT2D eigenvalue weighted by atomic mass is 16.5. The van der Waals surface area contributed by atoms with Crippen molar-refractivity contribution in [3.8, 4) is 11.5 Å². The second-order valence-electron chi connectivity index (χ2n) is 8.50. The Morgan fingerprint density at radius 2 is 1.87 bits per heavy atom. The third-order valence-corrected chi connectivity index (χ3v) is 6.25. The average molecular weight is 412 g/mol. The van der Waals surface area contributed by atoms with Gasteiger partial charge in [0.05, 0.1) is 13.7 Å². The van der Waals surface area contributed by atoms with Gasteiger partial charge in [-0.2, -0.15) is 0 Å². The third-order valence-electron chi connectivity index (χ3n) is 6.25. The number of hydrogen-bond acceptors (Lipinski definition) is 3. The van der Waals surface area contributed by atoms with Crippen LogP contribution >= 0.6 is 0 Å². The maximum Gasteiger partial charge on any atom is 0.277 e. The molecule has 0 aromatic heterocycles. The number of fused-ring (bicyclic) bond motifs is 1. The van der Waals surface area contributed by atoms with E-state index < -0.39 is 0 Å². The van der Waals surface area contributed by atoms with Gasteiger partial charge in [-0.15, -0.1) is 0 Å². The standard InChI is InChI=1S/C24H31N3O3/c1-25(16-19-4-3-5-22(15-19)29-2)24(28)18-27-11-9-26(10-12-27)17-20-6-7-23-21(14-20)8-13-30-23/h3-7,14-15H,8-13,16-18H2,1-2H3/p+2. The summed E-state index contributed by atoms with van der Waals surface area (Å²) in [4.78, 5) is 17.5. The van der Waals surface area contributed by atoms with Crippen molar-refractivity contribution in [2.75, 3.05) is 53.5 Å². The molecule has 0 saturated carbocycles. The van der Waals surface area contributed by atoms with Crippen LogP contribution in [0.4, 0.5) is 0 Å². The summed E-state index contributed by atoms with van der Waals surface area (Å²) in [7, 11) is 3.55. The minimum atomic E-state index is 0.204. The minimum absolute atomic E-state index is 0.204. The van der Waals surface area contributed by atoms with Crippen molar-refractivity contribution in [2.24, 2.45) is 0 Å². The fraction of sp³-hybridized carbons (Fsp3) is 0.458. The fourth-order valence-electron chi connectivity index (χ4n) is 4.43. The summed E-state index contributed by atoms with van der Waals surface area (Å²) < 4.78 is 10.9. The van der Waals surface area contributed by atoms with E-state index in [9.17, 15) is 4.79 Å². The van der Waals surface area contributed by atoms with Crippen LogP contribution in [0.1, 0.15) is 16.7 Å². The molecule has 160 valence electrons. The van der Waals surface area contributed by atoms with Gasteiger partial charge < -0.3 is 24.2 Å². The number of quaternary nitrogens is 2. The molecule has 0 radical (unpaired) electrons. The zero-order chi connectivity index (χ0) is 20.9. The van der Waals surface area contributed by atoms with Gasteiger partial charge in [-0.1, -0.05) is 12.1 Å². The molecular weight excluding hydrogens is 378 g/mol. The van der Waals surface area contributed by atoms with Crippen molar-refractivity contribution in [3.63, 3.8) is 0 Å². The first-order chi connectivity index (χ1) is 14.6. The van der Waals surface area contributed by atoms with Crippen LogP contribution in [0.2, 0.25) is 0 Å². The van der Waals surface area contributed by atoms with Gasteiger partial charge in [0.1, 0.15) is 44.2 Å². The summed E-state index contributed by atoms with van der Waals surface area (Å²) in [5.41, 5.74) is 3.84. The second-order valence-corrected chi connectivity index (χ2v) is 8.50. The van der Waals surface area contributed by atoms with Crippen LogP contribution < -0.4 is 19.3 Å². The number of carbonyl (C=O) groups excluding carboxylic acids is 1. The number of benzene rings is 2. The molecule has 4 rings (SSSR count). The highest BCUT2D eigenvalue weighted by Gasteiger charge is 2.26. The van der Waals surface area contributed by atoms with Crippen LogP contribution in [0.3, 0.4) is 0 Å². The Bertz CT molecular complexity index is 878. The van der Waals surface area contributed by atoms with Gasteiger partial charge in [0.2, 0.25) is 0 Å². The van der Waals surface area contributed by atoms with E-state index in [0.29, 0.717) is 13.1 Å². The Hall–Kier alpha value is -2.57. The van der Waals surface area contributed by atoms with Gasteiger partial charge in [-0.25, -0.2) is 0 Å². The lowest BCUT2D eigenvalue weighted by Crippen LogP contribution is -3.28. The Morgan fingerprint density at radius 1 is 1.07 bits per heavy atom. The van der Waals surface area contributed by atoms with E-state index >= 15 is 0 Å². The zero-order valence-corrected chi connectivity index (χ0v) is 18.1. The van der Waals surface area contributed by atoms with E-state index in [1.165, 1.54) is 16.0 Å². The van der Waals surface area contributed by atoms with E-state index in [4.69, 9.17) is 9.47 Å². The molecule has 6 heteroatoms. The normalized spacial score (nSPS) is 20.3. The first-order valence-corrected chi connectivity index (χ1v) is 10.9. The van der Waals surface area contributed by atoms with E-state index in [-0.39, 0.29) is 5.91 Å². The molecule has 0 aliphatic carbocycles. The Balaban J connectivity index is 1.22. The van der Waals surface area contributed by atoms with Crippen molar-refractivity contribution < 1.29 is 24.1 Å². The number of likely N-dealkylation sites (N-methyl/N-ethyl adjacent to an activating group) is 1. The van der Waals surface area contributed by atoms with Crippen LogP contribution in [-0.4, -0.2) is 64.3 Å². The van der Waals surface area contributed by atoms with Gasteiger partial charge in [0, 0.05) is 25.6 Å². The van der Waals surface area contributed by atoms with Gasteiger partial charge in [0.15, 0.2) is 6.54 Å². The maximum atomic E-state index is 12.7. The molecule has 0 atom stereocenters. The minimum Gasteiger partial charge on any atom is -0.497 e. The van der Waals surface area contributed by atoms with E-state index in [2.05, 4.69) is 18.2 Å². The number of methoxy groups -OCH3 is 1. The van der Waals surface area contributed by atoms with Crippen molar-refractivity contribution in [2.45, 2.75) is 19.5 Å². The van der Waals surface area contributed by atoms with Crippen LogP contribution in [0.25, 0.3) is 0 Å². The molecule has 1 saturated heterocycles. The number of hydrogen-bond donors (Lipinski definition) is 2. The number of piperazine rings is 1. The molecular formula is C24H33N3O3+2. The van der Waals surface area contributed by atoms with Crippen molar-refractivity contribution >= 4 is 5.91 Å². The molecule has 0 spiro atoms. The van der Waals surface area contributed by atoms with E-state index in [1.54, 1.807) is 12.0 Å². The molecule has 1 fully saturated rings. The SMILES string of the molecule is COc1cccc(CN(C)C(=O)C[NH+]2CC[NH+](Cc3ccc4c(c3)CCO4)CC2)c1. The molecule has 2 aromatic rings. The summed E-state index contributed by atoms with van der Waals surface area (Å²) in [6.45, 7) is 7.36. The molecule has 1 amide bonds. The first kappa shape index (κ1) is 20.7. The predicted molar refractivity (Wildman–Crippen MR) is 115 cm³/mol. The highest BCUT2D eigenvalue weighted by Crippen LogP contribution is 2.25. The zero-order valence-electron chi connectivity index (χ0n) is 18.1. The fourth-order valence-corrected chi connectivity index (χ4v) is 4.43. The number of carbonyl (C=O) groups is 1. The predicted octanol–water partition coefficient (Wildman–Crippen LogP) is -0.428. The third kappa shape index (κ3) is 5.12. The monoisotopic (exact) mass is 411 g/mol. The number of amides is 1. The molecule has 2 aromatic carbocycles. The van der Waals surface area contributed by atoms with Crippen molar-refractivity contribution in [1.29, 1.82) is 0 Å². The Kier molecular flexibility index (Phi) is 6.55. The molecule has 2 N–H and O–H groups in total. The van der Waals surface area contributed by atoms with Crippen LogP contribution in [0.5, 0.6) is 11.5 Å². The number of rotatable bonds is 7. The van der Waals surface area contributed by atoms with Gasteiger partial charge >= 0.3 is 0 Å². The smallest absolute Gasteiger partial charge is 0.277 e. The largest absolute Gasteiger partial charge is 0.497 e. The Morgan fingerprint density at radius 3 is 2.67 bits per heavy atom. The Labute approximate surface area is 179 Å². The number of nitrogens with one attached hydrogen (secondary N) is 2. The lowest BCUT2D eigenvalue weighted by atomic mass is 10.1. The van der Waals surface area contributed by atoms with Crippen molar-refractivity contribution in [3.05, 3.63) is 59.2 Å². The molecule has 2 aliphatic rings. The summed E-state index contributed by atoms with van der Waals surface area (Å²) >= 11 is 0. The van der Waals surface area contributed by atoms with Gasteiger partial charge in [-0.05, 0) is 41.5 Å². The first-order valence-electron chi connectivity index (χ1n) is 10.9. The summed E-state index contributed by atoms with van der Waals surface area (Å²) in [5, 5.41) is 0. The second kappa shape index (κ2) is 9.49. The van der Waals surface area contributed by atoms with Crippen LogP contribution in [-0.2, 0) is 24.3 Å². The highest BCUT2D eigenvalue weighted by molar-refractivity contribution is 5.76. The average Bonchev–Trinajstić information content (AvgIpc) is 3.23. The molecule has 6 nitrogen and oxygen atoms in total. The van der Waals surface area contributed by atoms with Crippen LogP contribution in [0.15, 0.2) is 42.5 Å². The van der Waals surface area contributed by atoms with Crippen LogP contribution in [0, 0.1) is 0 Å². The molecule has 0 unspecified atom stereocenters. The summed E-state index contributed by atoms with van der Waals surface area (Å²) in [6.07, 6.45) is 1.03. The molecule has 0 bridgehead atoms. The van der Waals surface area contributed by atoms with Gasteiger partial charge in [0.25, 0.3) is 5.91 Å². The summed E-state index contributed by atoms with van der Waals surface area (Å²) in [6, 6.07) is 14.5.